The van der Waals surface area contributed by atoms with Crippen LogP contribution in [0, 0.1) is 12.8 Å². The Morgan fingerprint density at radius 2 is 2.06 bits per heavy atom. The zero-order valence-electron chi connectivity index (χ0n) is 10.6. The van der Waals surface area contributed by atoms with Gasteiger partial charge in [-0.1, -0.05) is 32.0 Å². The summed E-state index contributed by atoms with van der Waals surface area (Å²) in [5.74, 6) is 1.52. The molecule has 3 heteroatoms. The van der Waals surface area contributed by atoms with Gasteiger partial charge in [0, 0.05) is 18.9 Å². The van der Waals surface area contributed by atoms with Crippen LogP contribution in [0.25, 0.3) is 5.69 Å². The van der Waals surface area contributed by atoms with E-state index in [1.54, 1.807) is 0 Å². The first kappa shape index (κ1) is 11.7. The Labute approximate surface area is 103 Å². The van der Waals surface area contributed by atoms with Crippen molar-refractivity contribution in [3.8, 4) is 5.69 Å². The number of aryl methyl sites for hydroxylation is 1. The molecular formula is C14H19N3. The van der Waals surface area contributed by atoms with Crippen LogP contribution < -0.4 is 5.32 Å². The first-order chi connectivity index (χ1) is 8.18. The molecule has 0 atom stereocenters. The molecule has 1 aromatic heterocycles. The highest BCUT2D eigenvalue weighted by Gasteiger charge is 2.06. The van der Waals surface area contributed by atoms with Gasteiger partial charge >= 0.3 is 0 Å². The summed E-state index contributed by atoms with van der Waals surface area (Å²) < 4.78 is 2.09. The highest BCUT2D eigenvalue weighted by molar-refractivity contribution is 5.46. The van der Waals surface area contributed by atoms with Gasteiger partial charge in [0.25, 0.3) is 0 Å². The summed E-state index contributed by atoms with van der Waals surface area (Å²) in [5.41, 5.74) is 2.43. The van der Waals surface area contributed by atoms with E-state index in [1.807, 2.05) is 12.4 Å². The number of imidazole rings is 1. The van der Waals surface area contributed by atoms with Crippen molar-refractivity contribution in [1.29, 1.82) is 0 Å². The molecule has 0 bridgehead atoms. The van der Waals surface area contributed by atoms with Gasteiger partial charge in [0.05, 0.1) is 5.69 Å². The second-order valence-electron chi connectivity index (χ2n) is 4.68. The van der Waals surface area contributed by atoms with Crippen molar-refractivity contribution in [3.63, 3.8) is 0 Å². The lowest BCUT2D eigenvalue weighted by molar-refractivity contribution is 0.683. The lowest BCUT2D eigenvalue weighted by Crippen LogP contribution is -2.12. The third-order valence-electron chi connectivity index (χ3n) is 2.68. The van der Waals surface area contributed by atoms with Gasteiger partial charge in [-0.3, -0.25) is 4.57 Å². The van der Waals surface area contributed by atoms with Gasteiger partial charge in [-0.25, -0.2) is 4.98 Å². The van der Waals surface area contributed by atoms with E-state index in [1.165, 1.54) is 11.3 Å². The minimum Gasteiger partial charge on any atom is -0.355 e. The Bertz CT molecular complexity index is 486. The largest absolute Gasteiger partial charge is 0.355 e. The highest BCUT2D eigenvalue weighted by atomic mass is 15.2. The van der Waals surface area contributed by atoms with Gasteiger partial charge in [0.15, 0.2) is 0 Å². The molecule has 0 amide bonds. The maximum atomic E-state index is 4.36. The molecule has 1 heterocycles. The van der Waals surface area contributed by atoms with E-state index in [9.17, 15) is 0 Å². The molecule has 17 heavy (non-hydrogen) atoms. The molecule has 0 spiro atoms. The minimum absolute atomic E-state index is 0.608. The van der Waals surface area contributed by atoms with Crippen molar-refractivity contribution in [1.82, 2.24) is 9.55 Å². The van der Waals surface area contributed by atoms with E-state index in [4.69, 9.17) is 0 Å². The fraction of sp³-hybridized carbons (Fsp3) is 0.357. The molecule has 2 rings (SSSR count). The van der Waals surface area contributed by atoms with Gasteiger partial charge in [-0.15, -0.1) is 0 Å². The Kier molecular flexibility index (Phi) is 3.47. The number of hydrogen-bond donors (Lipinski definition) is 1. The predicted molar refractivity (Wildman–Crippen MR) is 71.6 cm³/mol. The van der Waals surface area contributed by atoms with Crippen molar-refractivity contribution in [2.45, 2.75) is 20.8 Å². The Morgan fingerprint density at radius 3 is 2.76 bits per heavy atom. The quantitative estimate of drug-likeness (QED) is 0.872. The molecule has 0 saturated carbocycles. The Hall–Kier alpha value is -1.77. The summed E-state index contributed by atoms with van der Waals surface area (Å²) in [7, 11) is 0. The lowest BCUT2D eigenvalue weighted by atomic mass is 10.2. The average Bonchev–Trinajstić information content (AvgIpc) is 2.75. The monoisotopic (exact) mass is 229 g/mol. The Balaban J connectivity index is 2.28. The highest BCUT2D eigenvalue weighted by Crippen LogP contribution is 2.18. The molecular weight excluding hydrogens is 210 g/mol. The molecule has 1 aromatic carbocycles. The van der Waals surface area contributed by atoms with Crippen molar-refractivity contribution in [2.24, 2.45) is 5.92 Å². The van der Waals surface area contributed by atoms with Crippen LogP contribution in [-0.4, -0.2) is 16.1 Å². The first-order valence-electron chi connectivity index (χ1n) is 6.01. The predicted octanol–water partition coefficient (Wildman–Crippen LogP) is 3.25. The zero-order valence-corrected chi connectivity index (χ0v) is 10.6. The number of hydrogen-bond acceptors (Lipinski definition) is 2. The van der Waals surface area contributed by atoms with E-state index < -0.39 is 0 Å². The topological polar surface area (TPSA) is 29.9 Å². The second-order valence-corrected chi connectivity index (χ2v) is 4.68. The molecule has 0 fully saturated rings. The summed E-state index contributed by atoms with van der Waals surface area (Å²) in [6.45, 7) is 7.42. The van der Waals surface area contributed by atoms with E-state index in [-0.39, 0.29) is 0 Å². The molecule has 3 nitrogen and oxygen atoms in total. The van der Waals surface area contributed by atoms with Gasteiger partial charge in [-0.2, -0.15) is 0 Å². The van der Waals surface area contributed by atoms with Gasteiger partial charge in [-0.05, 0) is 24.5 Å². The van der Waals surface area contributed by atoms with Crippen molar-refractivity contribution in [3.05, 3.63) is 42.2 Å². The normalized spacial score (nSPS) is 10.8. The van der Waals surface area contributed by atoms with Gasteiger partial charge < -0.3 is 5.32 Å². The van der Waals surface area contributed by atoms with Crippen LogP contribution in [0.5, 0.6) is 0 Å². The number of benzene rings is 1. The second kappa shape index (κ2) is 5.04. The van der Waals surface area contributed by atoms with Crippen LogP contribution in [0.1, 0.15) is 19.4 Å². The molecule has 0 radical (unpaired) electrons. The molecule has 90 valence electrons. The van der Waals surface area contributed by atoms with Gasteiger partial charge in [0.2, 0.25) is 5.95 Å². The average molecular weight is 229 g/mol. The fourth-order valence-corrected chi connectivity index (χ4v) is 1.76. The lowest BCUT2D eigenvalue weighted by Gasteiger charge is -2.13. The molecule has 0 aliphatic rings. The molecule has 0 unspecified atom stereocenters. The first-order valence-corrected chi connectivity index (χ1v) is 6.01. The van der Waals surface area contributed by atoms with Crippen LogP contribution in [0.15, 0.2) is 36.7 Å². The number of anilines is 1. The van der Waals surface area contributed by atoms with Gasteiger partial charge in [0.1, 0.15) is 0 Å². The van der Waals surface area contributed by atoms with Crippen LogP contribution >= 0.6 is 0 Å². The fourth-order valence-electron chi connectivity index (χ4n) is 1.76. The number of para-hydroxylation sites is 1. The maximum Gasteiger partial charge on any atom is 0.207 e. The third kappa shape index (κ3) is 2.67. The molecule has 0 aliphatic carbocycles. The summed E-state index contributed by atoms with van der Waals surface area (Å²) in [6.07, 6.45) is 3.82. The number of rotatable bonds is 4. The summed E-state index contributed by atoms with van der Waals surface area (Å²) in [6, 6.07) is 8.32. The van der Waals surface area contributed by atoms with E-state index in [0.717, 1.165) is 12.5 Å². The number of nitrogens with zero attached hydrogens (tertiary/aromatic N) is 2. The van der Waals surface area contributed by atoms with Crippen molar-refractivity contribution >= 4 is 5.95 Å². The molecule has 0 saturated heterocycles. The van der Waals surface area contributed by atoms with Crippen LogP contribution in [-0.2, 0) is 0 Å². The molecule has 2 aromatic rings. The molecule has 0 aliphatic heterocycles. The third-order valence-corrected chi connectivity index (χ3v) is 2.68. The number of aromatic nitrogens is 2. The van der Waals surface area contributed by atoms with Crippen LogP contribution in [0.3, 0.4) is 0 Å². The zero-order chi connectivity index (χ0) is 12.3. The standard InChI is InChI=1S/C14H19N3/c1-11(2)10-16-14-15-8-9-17(14)13-7-5-4-6-12(13)3/h4-9,11H,10H2,1-3H3,(H,15,16). The van der Waals surface area contributed by atoms with Crippen molar-refractivity contribution < 1.29 is 0 Å². The van der Waals surface area contributed by atoms with E-state index in [2.05, 4.69) is 59.9 Å². The molecule has 1 N–H and O–H groups in total. The summed E-state index contributed by atoms with van der Waals surface area (Å²) >= 11 is 0. The maximum absolute atomic E-state index is 4.36. The summed E-state index contributed by atoms with van der Waals surface area (Å²) in [5, 5.41) is 3.37. The van der Waals surface area contributed by atoms with Crippen LogP contribution in [0.4, 0.5) is 5.95 Å². The summed E-state index contributed by atoms with van der Waals surface area (Å²) in [4.78, 5) is 4.36. The smallest absolute Gasteiger partial charge is 0.207 e. The minimum atomic E-state index is 0.608. The van der Waals surface area contributed by atoms with Crippen LogP contribution in [0.2, 0.25) is 0 Å². The SMILES string of the molecule is Cc1ccccc1-n1ccnc1NCC(C)C. The van der Waals surface area contributed by atoms with E-state index >= 15 is 0 Å². The number of nitrogens with one attached hydrogen (secondary N) is 1. The van der Waals surface area contributed by atoms with E-state index in [0.29, 0.717) is 5.92 Å². The Morgan fingerprint density at radius 1 is 1.29 bits per heavy atom. The van der Waals surface area contributed by atoms with Crippen molar-refractivity contribution in [2.75, 3.05) is 11.9 Å².